The molecule has 152 valence electrons. The molecule has 0 aliphatic rings. The second-order valence-corrected chi connectivity index (χ2v) is 8.21. The largest absolute Gasteiger partial charge is 0.478 e. The van der Waals surface area contributed by atoms with Crippen LogP contribution in [0.1, 0.15) is 28.4 Å². The number of hydrogen-bond donors (Lipinski definition) is 2. The summed E-state index contributed by atoms with van der Waals surface area (Å²) in [6.45, 7) is 3.93. The third kappa shape index (κ3) is 4.54. The van der Waals surface area contributed by atoms with Crippen LogP contribution in [-0.4, -0.2) is 27.6 Å². The van der Waals surface area contributed by atoms with Crippen molar-refractivity contribution in [2.24, 2.45) is 0 Å². The van der Waals surface area contributed by atoms with Gasteiger partial charge in [-0.25, -0.2) is 9.18 Å². The summed E-state index contributed by atoms with van der Waals surface area (Å²) >= 11 is 0. The number of rotatable bonds is 7. The number of carboxylic acids is 1. The van der Waals surface area contributed by atoms with E-state index in [0.29, 0.717) is 35.4 Å². The van der Waals surface area contributed by atoms with E-state index in [1.807, 2.05) is 13.0 Å². The number of benzene rings is 2. The average molecular weight is 417 g/mol. The lowest BCUT2D eigenvalue weighted by atomic mass is 10.0. The Morgan fingerprint density at radius 3 is 2.69 bits per heavy atom. The molecule has 0 bridgehead atoms. The fourth-order valence-corrected chi connectivity index (χ4v) is 3.79. The van der Waals surface area contributed by atoms with Gasteiger partial charge in [-0.2, -0.15) is 0 Å². The van der Waals surface area contributed by atoms with E-state index in [2.05, 4.69) is 5.32 Å². The lowest BCUT2D eigenvalue weighted by Gasteiger charge is -2.12. The molecule has 1 heterocycles. The summed E-state index contributed by atoms with van der Waals surface area (Å²) in [6, 6.07) is 8.37. The van der Waals surface area contributed by atoms with E-state index in [1.54, 1.807) is 13.0 Å². The van der Waals surface area contributed by atoms with E-state index in [1.165, 1.54) is 18.2 Å². The first-order valence-electron chi connectivity index (χ1n) is 9.02. The van der Waals surface area contributed by atoms with Crippen molar-refractivity contribution in [1.82, 2.24) is 0 Å². The number of aromatic carboxylic acids is 1. The molecule has 0 saturated heterocycles. The van der Waals surface area contributed by atoms with Crippen molar-refractivity contribution in [2.45, 2.75) is 25.4 Å². The third-order valence-electron chi connectivity index (χ3n) is 4.44. The maximum absolute atomic E-state index is 13.3. The minimum Gasteiger partial charge on any atom is -0.478 e. The first-order valence-corrected chi connectivity index (χ1v) is 10.3. The molecule has 0 fully saturated rings. The molecule has 0 aliphatic heterocycles. The number of halogens is 1. The summed E-state index contributed by atoms with van der Waals surface area (Å²) in [4.78, 5) is 23.8. The Hall–Kier alpha value is -3.00. The first-order chi connectivity index (χ1) is 13.8. The molecule has 3 aromatic rings. The van der Waals surface area contributed by atoms with Gasteiger partial charge in [0.2, 0.25) is 0 Å². The SMILES string of the molecule is CC[S@](=O)c1cc(=O)c2cc(C)cc(CCNc3ccc(F)cc3C(=O)O)c2o1. The molecule has 6 nitrogen and oxygen atoms in total. The van der Waals surface area contributed by atoms with Crippen molar-refractivity contribution in [1.29, 1.82) is 0 Å². The lowest BCUT2D eigenvalue weighted by Crippen LogP contribution is -2.11. The van der Waals surface area contributed by atoms with Crippen LogP contribution in [0.25, 0.3) is 11.0 Å². The number of carboxylic acid groups (broad SMARTS) is 1. The van der Waals surface area contributed by atoms with Crippen molar-refractivity contribution in [3.8, 4) is 0 Å². The smallest absolute Gasteiger partial charge is 0.337 e. The molecule has 0 saturated carbocycles. The van der Waals surface area contributed by atoms with Gasteiger partial charge >= 0.3 is 5.97 Å². The van der Waals surface area contributed by atoms with Gasteiger partial charge in [-0.05, 0) is 48.7 Å². The molecule has 3 rings (SSSR count). The number of nitrogens with one attached hydrogen (secondary N) is 1. The van der Waals surface area contributed by atoms with Crippen LogP contribution >= 0.6 is 0 Å². The van der Waals surface area contributed by atoms with Crippen LogP contribution in [0, 0.1) is 12.7 Å². The Labute approximate surface area is 168 Å². The van der Waals surface area contributed by atoms with Gasteiger partial charge in [-0.15, -0.1) is 0 Å². The second kappa shape index (κ2) is 8.57. The van der Waals surface area contributed by atoms with Gasteiger partial charge in [0.1, 0.15) is 11.4 Å². The molecule has 0 aliphatic carbocycles. The standard InChI is InChI=1S/C21H20FNO5S/c1-3-29(27)19-11-18(24)16-9-12(2)8-13(20(16)28-19)6-7-23-17-5-4-14(22)10-15(17)21(25)26/h4-5,8-11,23H,3,6-7H2,1-2H3,(H,25,26)/t29-/m0/s1. The van der Waals surface area contributed by atoms with Crippen molar-refractivity contribution in [2.75, 3.05) is 17.6 Å². The van der Waals surface area contributed by atoms with Gasteiger partial charge in [-0.1, -0.05) is 13.0 Å². The molecule has 1 atom stereocenters. The van der Waals surface area contributed by atoms with E-state index >= 15 is 0 Å². The molecule has 2 N–H and O–H groups in total. The maximum atomic E-state index is 13.3. The fraction of sp³-hybridized carbons (Fsp3) is 0.238. The summed E-state index contributed by atoms with van der Waals surface area (Å²) in [5, 5.41) is 12.8. The topological polar surface area (TPSA) is 96.6 Å². The summed E-state index contributed by atoms with van der Waals surface area (Å²) in [5.74, 6) is -1.53. The monoisotopic (exact) mass is 417 g/mol. The second-order valence-electron chi connectivity index (χ2n) is 6.54. The number of hydrogen-bond acceptors (Lipinski definition) is 5. The number of aryl methyl sites for hydroxylation is 1. The van der Waals surface area contributed by atoms with Crippen LogP contribution in [0.15, 0.2) is 50.7 Å². The van der Waals surface area contributed by atoms with Crippen LogP contribution in [-0.2, 0) is 17.2 Å². The van der Waals surface area contributed by atoms with Gasteiger partial charge in [0.15, 0.2) is 10.5 Å². The first kappa shape index (κ1) is 20.7. The lowest BCUT2D eigenvalue weighted by molar-refractivity contribution is 0.0697. The Bertz CT molecular complexity index is 1170. The Morgan fingerprint density at radius 2 is 2.00 bits per heavy atom. The van der Waals surface area contributed by atoms with Gasteiger partial charge in [0.05, 0.1) is 21.7 Å². The van der Waals surface area contributed by atoms with Crippen LogP contribution in [0.3, 0.4) is 0 Å². The minimum absolute atomic E-state index is 0.134. The molecule has 29 heavy (non-hydrogen) atoms. The van der Waals surface area contributed by atoms with Crippen LogP contribution in [0.4, 0.5) is 10.1 Å². The van der Waals surface area contributed by atoms with Crippen molar-refractivity contribution in [3.63, 3.8) is 0 Å². The van der Waals surface area contributed by atoms with Crippen molar-refractivity contribution >= 4 is 33.4 Å². The Kier molecular flexibility index (Phi) is 6.12. The van der Waals surface area contributed by atoms with Gasteiger partial charge in [-0.3, -0.25) is 9.00 Å². The highest BCUT2D eigenvalue weighted by Gasteiger charge is 2.14. The van der Waals surface area contributed by atoms with Crippen molar-refractivity contribution < 1.29 is 22.9 Å². The van der Waals surface area contributed by atoms with Crippen LogP contribution in [0.2, 0.25) is 0 Å². The summed E-state index contributed by atoms with van der Waals surface area (Å²) in [5.41, 5.74) is 1.86. The normalized spacial score (nSPS) is 12.1. The number of anilines is 1. The van der Waals surface area contributed by atoms with E-state index < -0.39 is 22.6 Å². The zero-order valence-corrected chi connectivity index (χ0v) is 16.8. The zero-order valence-electron chi connectivity index (χ0n) is 16.0. The van der Waals surface area contributed by atoms with Gasteiger partial charge in [0, 0.05) is 24.1 Å². The van der Waals surface area contributed by atoms with Crippen LogP contribution in [0.5, 0.6) is 0 Å². The number of carbonyl (C=O) groups is 1. The highest BCUT2D eigenvalue weighted by Crippen LogP contribution is 2.23. The Morgan fingerprint density at radius 1 is 1.24 bits per heavy atom. The fourth-order valence-electron chi connectivity index (χ4n) is 3.09. The average Bonchev–Trinajstić information content (AvgIpc) is 2.68. The molecular weight excluding hydrogens is 397 g/mol. The molecule has 0 spiro atoms. The zero-order chi connectivity index (χ0) is 21.1. The predicted molar refractivity (Wildman–Crippen MR) is 110 cm³/mol. The van der Waals surface area contributed by atoms with E-state index in [-0.39, 0.29) is 16.1 Å². The maximum Gasteiger partial charge on any atom is 0.337 e. The van der Waals surface area contributed by atoms with Gasteiger partial charge in [0.25, 0.3) is 0 Å². The van der Waals surface area contributed by atoms with Gasteiger partial charge < -0.3 is 14.8 Å². The molecule has 8 heteroatoms. The predicted octanol–water partition coefficient (Wildman–Crippen LogP) is 3.72. The highest BCUT2D eigenvalue weighted by molar-refractivity contribution is 7.84. The molecule has 0 unspecified atom stereocenters. The Balaban J connectivity index is 1.92. The quantitative estimate of drug-likeness (QED) is 0.608. The van der Waals surface area contributed by atoms with E-state index in [4.69, 9.17) is 4.42 Å². The molecule has 0 amide bonds. The summed E-state index contributed by atoms with van der Waals surface area (Å²) in [7, 11) is -1.40. The molecular formula is C21H20FNO5S. The van der Waals surface area contributed by atoms with Crippen molar-refractivity contribution in [3.05, 3.63) is 69.1 Å². The number of fused-ring (bicyclic) bond motifs is 1. The molecule has 2 aromatic carbocycles. The van der Waals surface area contributed by atoms with E-state index in [9.17, 15) is 23.3 Å². The minimum atomic E-state index is -1.40. The molecule has 1 aromatic heterocycles. The summed E-state index contributed by atoms with van der Waals surface area (Å²) in [6.07, 6.45) is 0.416. The highest BCUT2D eigenvalue weighted by atomic mass is 32.2. The third-order valence-corrected chi connectivity index (χ3v) is 5.61. The van der Waals surface area contributed by atoms with E-state index in [0.717, 1.165) is 17.2 Å². The summed E-state index contributed by atoms with van der Waals surface area (Å²) < 4.78 is 31.2. The van der Waals surface area contributed by atoms with Crippen LogP contribution < -0.4 is 10.7 Å². The molecule has 0 radical (unpaired) electrons.